The van der Waals surface area contributed by atoms with Crippen molar-refractivity contribution in [2.24, 2.45) is 29.0 Å². The smallest absolute Gasteiger partial charge is 0.251 e. The van der Waals surface area contributed by atoms with Gasteiger partial charge >= 0.3 is 0 Å². The highest BCUT2D eigenvalue weighted by Crippen LogP contribution is 2.27. The van der Waals surface area contributed by atoms with Crippen LogP contribution >= 0.6 is 0 Å². The third-order valence-corrected chi connectivity index (χ3v) is 8.16. The topological polar surface area (TPSA) is 243 Å². The molecule has 14 nitrogen and oxygen atoms in total. The Morgan fingerprint density at radius 3 is 2.24 bits per heavy atom. The quantitative estimate of drug-likeness (QED) is 0.0380. The largest absolute Gasteiger partial charge is 0.403 e. The fourth-order valence-corrected chi connectivity index (χ4v) is 5.41. The van der Waals surface area contributed by atoms with Gasteiger partial charge in [-0.05, 0) is 39.2 Å². The first-order valence-corrected chi connectivity index (χ1v) is 15.6. The summed E-state index contributed by atoms with van der Waals surface area (Å²) >= 11 is 0. The number of rotatable bonds is 15. The van der Waals surface area contributed by atoms with Crippen LogP contribution in [0, 0.1) is 5.92 Å². The zero-order valence-corrected chi connectivity index (χ0v) is 27.2. The van der Waals surface area contributed by atoms with Gasteiger partial charge in [0.05, 0.1) is 24.3 Å². The maximum atomic E-state index is 13.4. The molecule has 0 bridgehead atoms. The number of nitrogens with zero attached hydrogens (tertiary/aromatic N) is 2. The van der Waals surface area contributed by atoms with Gasteiger partial charge in [0.1, 0.15) is 11.6 Å². The lowest BCUT2D eigenvalue weighted by atomic mass is 9.91. The molecule has 4 atom stereocenters. The Bertz CT molecular complexity index is 1050. The standard InChI is InChI=1S/C24H42N8O6.C7H14/c1-5-14(2)22(36)29-12-19(33)31-13-15(32(28)18(11-26)24(3,4)38)10-17(31)23(37)30-16(8-6-7-9-25)20(34)21(27)35;1-7-5-3-2-4-6-7/h5,11,15-17,20,34,38H,1-2,6-10,12-13,25-26,28H2,3-4H3,(H2,27,35)(H,29,36)(H,30,37);7H,2-6H2,1H3/b18-11-;. The average Bonchev–Trinajstić information content (AvgIpc) is 3.44. The number of nitrogens with one attached hydrogen (secondary N) is 2. The normalized spacial score (nSPS) is 20.2. The first-order chi connectivity index (χ1) is 21.1. The highest BCUT2D eigenvalue weighted by atomic mass is 16.3. The number of amides is 4. The van der Waals surface area contributed by atoms with Gasteiger partial charge in [0.2, 0.25) is 17.7 Å². The van der Waals surface area contributed by atoms with Crippen molar-refractivity contribution < 1.29 is 29.4 Å². The molecule has 1 heterocycles. The molecule has 4 amide bonds. The number of aliphatic hydroxyl groups excluding tert-OH is 1. The molecule has 1 saturated heterocycles. The number of primary amides is 1. The van der Waals surface area contributed by atoms with E-state index in [0.29, 0.717) is 19.4 Å². The Labute approximate surface area is 267 Å². The molecule has 1 saturated carbocycles. The molecule has 2 aliphatic rings. The molecular formula is C31H56N8O6. The van der Waals surface area contributed by atoms with Crippen LogP contribution in [0.1, 0.15) is 78.6 Å². The lowest BCUT2D eigenvalue weighted by Crippen LogP contribution is -2.55. The van der Waals surface area contributed by atoms with E-state index in [0.717, 1.165) is 12.1 Å². The van der Waals surface area contributed by atoms with Crippen LogP contribution in [0.4, 0.5) is 0 Å². The number of hydrazine groups is 1. The number of hydrogen-bond donors (Lipinski definition) is 8. The zero-order valence-electron chi connectivity index (χ0n) is 27.2. The van der Waals surface area contributed by atoms with Gasteiger partial charge in [-0.2, -0.15) is 0 Å². The first-order valence-electron chi connectivity index (χ1n) is 15.6. The van der Waals surface area contributed by atoms with Crippen LogP contribution in [-0.4, -0.2) is 93.2 Å². The van der Waals surface area contributed by atoms with Crippen LogP contribution in [0.2, 0.25) is 0 Å². The minimum atomic E-state index is -1.66. The number of carbonyl (C=O) groups excluding carboxylic acids is 4. The molecule has 45 heavy (non-hydrogen) atoms. The minimum absolute atomic E-state index is 0.0248. The summed E-state index contributed by atoms with van der Waals surface area (Å²) in [6.07, 6.45) is 9.50. The van der Waals surface area contributed by atoms with Gasteiger partial charge in [-0.25, -0.2) is 5.84 Å². The Morgan fingerprint density at radius 1 is 1.16 bits per heavy atom. The molecule has 2 rings (SSSR count). The summed E-state index contributed by atoms with van der Waals surface area (Å²) in [5.74, 6) is 4.41. The molecule has 256 valence electrons. The summed E-state index contributed by atoms with van der Waals surface area (Å²) in [4.78, 5) is 51.4. The number of unbranched alkanes of at least 4 members (excludes halogenated alkanes) is 1. The maximum absolute atomic E-state index is 13.4. The molecule has 12 N–H and O–H groups in total. The van der Waals surface area contributed by atoms with Gasteiger partial charge in [0.15, 0.2) is 6.10 Å². The highest BCUT2D eigenvalue weighted by molar-refractivity contribution is 5.98. The van der Waals surface area contributed by atoms with Crippen LogP contribution in [0.3, 0.4) is 0 Å². The van der Waals surface area contributed by atoms with Crippen molar-refractivity contribution in [1.82, 2.24) is 20.5 Å². The Kier molecular flexibility index (Phi) is 16.8. The van der Waals surface area contributed by atoms with E-state index in [9.17, 15) is 29.4 Å². The summed E-state index contributed by atoms with van der Waals surface area (Å²) in [6.45, 7) is 12.2. The van der Waals surface area contributed by atoms with Crippen LogP contribution in [-0.2, 0) is 19.2 Å². The predicted molar refractivity (Wildman–Crippen MR) is 173 cm³/mol. The maximum Gasteiger partial charge on any atom is 0.251 e. The molecular weight excluding hydrogens is 580 g/mol. The SMILES string of the molecule is C=CC(=C)C(=O)NCC(=O)N1CC(N(N)/C(=C\N)C(C)(C)O)CC1C(=O)NC(CCCCN)C(O)C(N)=O.CC1CCCCC1. The minimum Gasteiger partial charge on any atom is -0.403 e. The second kappa shape index (κ2) is 19.1. The van der Waals surface area contributed by atoms with E-state index in [4.69, 9.17) is 23.0 Å². The van der Waals surface area contributed by atoms with Gasteiger partial charge in [0.25, 0.3) is 5.91 Å². The van der Waals surface area contributed by atoms with E-state index in [1.807, 2.05) is 0 Å². The van der Waals surface area contributed by atoms with Crippen molar-refractivity contribution in [3.05, 3.63) is 36.7 Å². The monoisotopic (exact) mass is 636 g/mol. The molecule has 0 spiro atoms. The number of hydrogen-bond acceptors (Lipinski definition) is 10. The summed E-state index contributed by atoms with van der Waals surface area (Å²) in [5, 5.41) is 26.9. The van der Waals surface area contributed by atoms with E-state index < -0.39 is 60.0 Å². The van der Waals surface area contributed by atoms with E-state index in [-0.39, 0.29) is 30.7 Å². The zero-order chi connectivity index (χ0) is 34.3. The Morgan fingerprint density at radius 2 is 1.78 bits per heavy atom. The molecule has 14 heteroatoms. The van der Waals surface area contributed by atoms with Gasteiger partial charge in [-0.3, -0.25) is 19.2 Å². The molecule has 0 aromatic carbocycles. The van der Waals surface area contributed by atoms with Gasteiger partial charge < -0.3 is 48.0 Å². The van der Waals surface area contributed by atoms with E-state index in [1.165, 1.54) is 61.9 Å². The summed E-state index contributed by atoms with van der Waals surface area (Å²) in [6, 6.07) is -2.74. The fourth-order valence-electron chi connectivity index (χ4n) is 5.41. The molecule has 0 radical (unpaired) electrons. The third-order valence-electron chi connectivity index (χ3n) is 8.16. The number of nitrogens with two attached hydrogens (primary N) is 4. The number of carbonyl (C=O) groups is 4. The summed E-state index contributed by atoms with van der Waals surface area (Å²) in [7, 11) is 0. The van der Waals surface area contributed by atoms with Crippen molar-refractivity contribution in [1.29, 1.82) is 0 Å². The van der Waals surface area contributed by atoms with Crippen LogP contribution < -0.4 is 33.7 Å². The van der Waals surface area contributed by atoms with Crippen LogP contribution in [0.15, 0.2) is 36.7 Å². The van der Waals surface area contributed by atoms with Gasteiger partial charge in [-0.1, -0.05) is 64.7 Å². The van der Waals surface area contributed by atoms with Crippen LogP contribution in [0.25, 0.3) is 0 Å². The summed E-state index contributed by atoms with van der Waals surface area (Å²) in [5.41, 5.74) is 15.2. The first kappa shape index (κ1) is 39.6. The predicted octanol–water partition coefficient (Wildman–Crippen LogP) is -0.392. The lowest BCUT2D eigenvalue weighted by Gasteiger charge is -2.34. The fraction of sp³-hybridized carbons (Fsp3) is 0.677. The average molecular weight is 637 g/mol. The Balaban J connectivity index is 0.00000126. The van der Waals surface area contributed by atoms with Crippen molar-refractivity contribution in [3.8, 4) is 0 Å². The van der Waals surface area contributed by atoms with Crippen molar-refractivity contribution in [2.75, 3.05) is 19.6 Å². The molecule has 1 aliphatic heterocycles. The lowest BCUT2D eigenvalue weighted by molar-refractivity contribution is -0.139. The molecule has 1 aliphatic carbocycles. The van der Waals surface area contributed by atoms with E-state index in [1.54, 1.807) is 0 Å². The molecule has 2 fully saturated rings. The summed E-state index contributed by atoms with van der Waals surface area (Å²) < 4.78 is 0. The van der Waals surface area contributed by atoms with E-state index >= 15 is 0 Å². The molecule has 4 unspecified atom stereocenters. The highest BCUT2D eigenvalue weighted by Gasteiger charge is 2.44. The molecule has 0 aromatic heterocycles. The number of likely N-dealkylation sites (tertiary alicyclic amines) is 1. The van der Waals surface area contributed by atoms with E-state index in [2.05, 4.69) is 30.7 Å². The van der Waals surface area contributed by atoms with Crippen molar-refractivity contribution in [3.63, 3.8) is 0 Å². The van der Waals surface area contributed by atoms with Crippen LogP contribution in [0.5, 0.6) is 0 Å². The van der Waals surface area contributed by atoms with Gasteiger partial charge in [-0.15, -0.1) is 0 Å². The third kappa shape index (κ3) is 12.8. The van der Waals surface area contributed by atoms with Gasteiger partial charge in [0, 0.05) is 24.7 Å². The van der Waals surface area contributed by atoms with Crippen molar-refractivity contribution >= 4 is 23.6 Å². The number of aliphatic hydroxyl groups is 2. The second-order valence-corrected chi connectivity index (χ2v) is 12.4. The molecule has 0 aromatic rings. The second-order valence-electron chi connectivity index (χ2n) is 12.4. The Hall–Kier alpha value is -3.46. The van der Waals surface area contributed by atoms with Crippen molar-refractivity contribution in [2.45, 2.75) is 108 Å².